The number of aromatic nitrogens is 2. The topological polar surface area (TPSA) is 75.2 Å². The lowest BCUT2D eigenvalue weighted by molar-refractivity contribution is 0.0719. The minimum Gasteiger partial charge on any atom is -0.331 e. The highest BCUT2D eigenvalue weighted by atomic mass is 35.5. The molecule has 4 aromatic rings. The first kappa shape index (κ1) is 22.6. The molecule has 0 atom stereocenters. The van der Waals surface area contributed by atoms with Gasteiger partial charge in [0.05, 0.1) is 12.2 Å². The number of halogens is 1. The Kier molecular flexibility index (Phi) is 6.47. The van der Waals surface area contributed by atoms with Crippen LogP contribution in [-0.2, 0) is 6.42 Å². The first-order chi connectivity index (χ1) is 15.9. The number of hydrogen-bond acceptors (Lipinski definition) is 3. The number of ketones is 1. The van der Waals surface area contributed by atoms with Crippen LogP contribution in [0.15, 0.2) is 71.5 Å². The molecule has 0 fully saturated rings. The number of rotatable bonds is 7. The summed E-state index contributed by atoms with van der Waals surface area (Å²) < 4.78 is 1.34. The maximum atomic E-state index is 13.3. The zero-order valence-electron chi connectivity index (χ0n) is 18.5. The van der Waals surface area contributed by atoms with Gasteiger partial charge in [0.1, 0.15) is 5.56 Å². The lowest BCUT2D eigenvalue weighted by atomic mass is 10.0. The molecule has 0 spiro atoms. The first-order valence-electron chi connectivity index (χ1n) is 10.8. The Bertz CT molecular complexity index is 1380. The fourth-order valence-corrected chi connectivity index (χ4v) is 4.09. The maximum Gasteiger partial charge on any atom is 0.282 e. The lowest BCUT2D eigenvalue weighted by Gasteiger charge is -2.21. The van der Waals surface area contributed by atoms with E-state index in [2.05, 4.69) is 5.10 Å². The Balaban J connectivity index is 1.66. The molecule has 0 bridgehead atoms. The van der Waals surface area contributed by atoms with Gasteiger partial charge in [-0.05, 0) is 54.4 Å². The molecule has 7 heteroatoms. The monoisotopic (exact) mass is 461 g/mol. The molecule has 33 heavy (non-hydrogen) atoms. The van der Waals surface area contributed by atoms with Gasteiger partial charge < -0.3 is 4.90 Å². The Morgan fingerprint density at radius 1 is 0.970 bits per heavy atom. The fraction of sp³-hybridized carbons (Fsp3) is 0.192. The number of nitrogens with one attached hydrogen (secondary N) is 1. The number of benzene rings is 3. The molecule has 0 aliphatic carbocycles. The zero-order valence-corrected chi connectivity index (χ0v) is 19.2. The van der Waals surface area contributed by atoms with Crippen LogP contribution in [0.1, 0.15) is 40.3 Å². The second kappa shape index (κ2) is 9.46. The smallest absolute Gasteiger partial charge is 0.282 e. The Labute approximate surface area is 196 Å². The summed E-state index contributed by atoms with van der Waals surface area (Å²) in [6, 6.07) is 19.9. The Hall–Kier alpha value is -3.64. The van der Waals surface area contributed by atoms with Crippen molar-refractivity contribution in [2.75, 3.05) is 13.1 Å². The second-order valence-electron chi connectivity index (χ2n) is 7.71. The summed E-state index contributed by atoms with van der Waals surface area (Å²) in [6.07, 6.45) is 0.473. The Morgan fingerprint density at radius 2 is 1.67 bits per heavy atom. The average molecular weight is 462 g/mol. The van der Waals surface area contributed by atoms with Gasteiger partial charge >= 0.3 is 0 Å². The van der Waals surface area contributed by atoms with Crippen LogP contribution in [-0.4, -0.2) is 39.5 Å². The number of carbonyl (C=O) groups excluding carboxylic acids is 2. The molecule has 4 rings (SSSR count). The molecule has 1 heterocycles. The fourth-order valence-electron chi connectivity index (χ4n) is 3.96. The zero-order chi connectivity index (χ0) is 23.5. The van der Waals surface area contributed by atoms with Crippen molar-refractivity contribution in [1.82, 2.24) is 14.7 Å². The largest absolute Gasteiger partial charge is 0.331 e. The van der Waals surface area contributed by atoms with Gasteiger partial charge in [0, 0.05) is 22.8 Å². The van der Waals surface area contributed by atoms with Gasteiger partial charge in [-0.1, -0.05) is 54.9 Å². The summed E-state index contributed by atoms with van der Waals surface area (Å²) in [5.74, 6) is -0.634. The molecule has 3 aromatic carbocycles. The minimum absolute atomic E-state index is 0.0802. The molecule has 0 saturated heterocycles. The van der Waals surface area contributed by atoms with E-state index in [-0.39, 0.29) is 18.0 Å². The second-order valence-corrected chi connectivity index (χ2v) is 8.14. The molecule has 1 amide bonds. The van der Waals surface area contributed by atoms with Crippen LogP contribution in [0.4, 0.5) is 0 Å². The van der Waals surface area contributed by atoms with E-state index in [1.54, 1.807) is 30.3 Å². The van der Waals surface area contributed by atoms with Gasteiger partial charge in [-0.3, -0.25) is 19.5 Å². The molecule has 0 saturated carbocycles. The summed E-state index contributed by atoms with van der Waals surface area (Å²) in [7, 11) is 0. The molecule has 0 aliphatic heterocycles. The number of fused-ring (bicyclic) bond motifs is 1. The van der Waals surface area contributed by atoms with Crippen molar-refractivity contribution in [1.29, 1.82) is 0 Å². The van der Waals surface area contributed by atoms with Gasteiger partial charge in [-0.2, -0.15) is 0 Å². The first-order valence-corrected chi connectivity index (χ1v) is 11.2. The molecule has 0 unspecified atom stereocenters. The quantitative estimate of drug-likeness (QED) is 0.398. The lowest BCUT2D eigenvalue weighted by Crippen LogP contribution is -2.37. The highest BCUT2D eigenvalue weighted by Gasteiger charge is 2.25. The van der Waals surface area contributed by atoms with E-state index in [0.29, 0.717) is 34.9 Å². The number of aryl methyl sites for hydroxylation is 1. The standard InChI is InChI=1S/C26H24ClN3O3/c1-3-22-24(26(33)30(28-22)19-14-12-18(27)13-15-19)23(31)16-29(4-2)25(32)21-11-7-9-17-8-5-6-10-20(17)21/h5-15,28H,3-4,16H2,1-2H3. The summed E-state index contributed by atoms with van der Waals surface area (Å²) in [5.41, 5.74) is 1.29. The number of Topliss-reactive ketones (excluding diaryl/α,β-unsaturated/α-hetero) is 1. The highest BCUT2D eigenvalue weighted by Crippen LogP contribution is 2.20. The van der Waals surface area contributed by atoms with E-state index in [0.717, 1.165) is 10.8 Å². The summed E-state index contributed by atoms with van der Waals surface area (Å²) >= 11 is 5.95. The van der Waals surface area contributed by atoms with Crippen molar-refractivity contribution in [3.63, 3.8) is 0 Å². The molecular formula is C26H24ClN3O3. The number of aromatic amines is 1. The van der Waals surface area contributed by atoms with Crippen molar-refractivity contribution >= 4 is 34.1 Å². The van der Waals surface area contributed by atoms with Crippen LogP contribution in [0.5, 0.6) is 0 Å². The molecular weight excluding hydrogens is 438 g/mol. The van der Waals surface area contributed by atoms with Gasteiger partial charge in [0.2, 0.25) is 0 Å². The summed E-state index contributed by atoms with van der Waals surface area (Å²) in [4.78, 5) is 41.2. The third-order valence-electron chi connectivity index (χ3n) is 5.71. The van der Waals surface area contributed by atoms with Crippen LogP contribution in [0, 0.1) is 0 Å². The van der Waals surface area contributed by atoms with E-state index >= 15 is 0 Å². The Morgan fingerprint density at radius 3 is 2.36 bits per heavy atom. The predicted molar refractivity (Wildman–Crippen MR) is 131 cm³/mol. The maximum absolute atomic E-state index is 13.3. The molecule has 1 aromatic heterocycles. The van der Waals surface area contributed by atoms with E-state index in [9.17, 15) is 14.4 Å². The molecule has 0 radical (unpaired) electrons. The van der Waals surface area contributed by atoms with Crippen LogP contribution in [0.2, 0.25) is 5.02 Å². The van der Waals surface area contributed by atoms with Crippen LogP contribution < -0.4 is 5.56 Å². The van der Waals surface area contributed by atoms with Crippen molar-refractivity contribution in [3.05, 3.63) is 98.9 Å². The van der Waals surface area contributed by atoms with E-state index in [1.807, 2.05) is 50.2 Å². The van der Waals surface area contributed by atoms with Gasteiger partial charge in [-0.15, -0.1) is 0 Å². The molecule has 6 nitrogen and oxygen atoms in total. The van der Waals surface area contributed by atoms with E-state index < -0.39 is 11.3 Å². The number of likely N-dealkylation sites (N-methyl/N-ethyl adjacent to an activating group) is 1. The van der Waals surface area contributed by atoms with Crippen LogP contribution >= 0.6 is 11.6 Å². The molecule has 1 N–H and O–H groups in total. The van der Waals surface area contributed by atoms with Crippen molar-refractivity contribution in [2.45, 2.75) is 20.3 Å². The number of carbonyl (C=O) groups is 2. The van der Waals surface area contributed by atoms with Crippen molar-refractivity contribution < 1.29 is 9.59 Å². The average Bonchev–Trinajstić information content (AvgIpc) is 3.18. The number of nitrogens with zero attached hydrogens (tertiary/aromatic N) is 2. The van der Waals surface area contributed by atoms with E-state index in [4.69, 9.17) is 11.6 Å². The number of hydrogen-bond donors (Lipinski definition) is 1. The normalized spacial score (nSPS) is 11.0. The van der Waals surface area contributed by atoms with Crippen molar-refractivity contribution in [3.8, 4) is 5.69 Å². The number of amides is 1. The van der Waals surface area contributed by atoms with Gasteiger partial charge in [0.15, 0.2) is 5.78 Å². The molecule has 168 valence electrons. The van der Waals surface area contributed by atoms with Crippen molar-refractivity contribution in [2.24, 2.45) is 0 Å². The third-order valence-corrected chi connectivity index (χ3v) is 5.96. The predicted octanol–water partition coefficient (Wildman–Crippen LogP) is 4.88. The SMILES string of the molecule is CCc1[nH]n(-c2ccc(Cl)cc2)c(=O)c1C(=O)CN(CC)C(=O)c1cccc2ccccc12. The van der Waals surface area contributed by atoms with Gasteiger partial charge in [-0.25, -0.2) is 4.68 Å². The highest BCUT2D eigenvalue weighted by molar-refractivity contribution is 6.30. The minimum atomic E-state index is -0.437. The summed E-state index contributed by atoms with van der Waals surface area (Å²) in [6.45, 7) is 3.84. The van der Waals surface area contributed by atoms with Crippen LogP contribution in [0.25, 0.3) is 16.5 Å². The number of H-pyrrole nitrogens is 1. The van der Waals surface area contributed by atoms with E-state index in [1.165, 1.54) is 9.58 Å². The summed E-state index contributed by atoms with van der Waals surface area (Å²) in [5, 5.41) is 5.37. The van der Waals surface area contributed by atoms with Crippen LogP contribution in [0.3, 0.4) is 0 Å². The third kappa shape index (κ3) is 4.34. The molecule has 0 aliphatic rings. The van der Waals surface area contributed by atoms with Gasteiger partial charge in [0.25, 0.3) is 11.5 Å².